The summed E-state index contributed by atoms with van der Waals surface area (Å²) >= 11 is 0. The van der Waals surface area contributed by atoms with Crippen molar-refractivity contribution in [2.75, 3.05) is 5.32 Å². The number of carbonyl (C=O) groups is 1. The monoisotopic (exact) mass is 287 g/mol. The summed E-state index contributed by atoms with van der Waals surface area (Å²) in [4.78, 5) is 12.3. The number of oxime groups is 1. The fourth-order valence-electron chi connectivity index (χ4n) is 1.99. The number of amides is 1. The summed E-state index contributed by atoms with van der Waals surface area (Å²) in [5, 5.41) is 18.6. The van der Waals surface area contributed by atoms with Crippen LogP contribution in [0.15, 0.2) is 29.6 Å². The predicted molar refractivity (Wildman–Crippen MR) is 79.6 cm³/mol. The summed E-state index contributed by atoms with van der Waals surface area (Å²) in [5.41, 5.74) is 8.72. The minimum atomic E-state index is -0.250. The maximum atomic E-state index is 12.3. The van der Waals surface area contributed by atoms with E-state index < -0.39 is 0 Å². The molecule has 21 heavy (non-hydrogen) atoms. The Morgan fingerprint density at radius 3 is 2.71 bits per heavy atom. The summed E-state index contributed by atoms with van der Waals surface area (Å²) in [7, 11) is 1.76. The van der Waals surface area contributed by atoms with Gasteiger partial charge in [-0.25, -0.2) is 0 Å². The van der Waals surface area contributed by atoms with Gasteiger partial charge in [0.1, 0.15) is 0 Å². The second-order valence-electron chi connectivity index (χ2n) is 4.77. The van der Waals surface area contributed by atoms with E-state index in [4.69, 9.17) is 10.9 Å². The van der Waals surface area contributed by atoms with E-state index in [9.17, 15) is 4.79 Å². The Hall–Kier alpha value is -2.83. The SMILES string of the molecule is Cc1ccc(/C(N)=N/O)cc1NC(=O)c1cn(C)nc1C. The van der Waals surface area contributed by atoms with Gasteiger partial charge in [0.15, 0.2) is 5.84 Å². The molecule has 0 fully saturated rings. The van der Waals surface area contributed by atoms with Crippen molar-refractivity contribution in [3.8, 4) is 0 Å². The van der Waals surface area contributed by atoms with E-state index in [1.165, 1.54) is 0 Å². The van der Waals surface area contributed by atoms with E-state index in [-0.39, 0.29) is 11.7 Å². The maximum Gasteiger partial charge on any atom is 0.259 e. The number of nitrogens with one attached hydrogen (secondary N) is 1. The molecule has 0 saturated carbocycles. The first kappa shape index (κ1) is 14.6. The van der Waals surface area contributed by atoms with Gasteiger partial charge in [0.05, 0.1) is 11.3 Å². The third-order valence-electron chi connectivity index (χ3n) is 3.15. The highest BCUT2D eigenvalue weighted by Crippen LogP contribution is 2.18. The number of hydrogen-bond donors (Lipinski definition) is 3. The Labute approximate surface area is 122 Å². The second-order valence-corrected chi connectivity index (χ2v) is 4.77. The van der Waals surface area contributed by atoms with Gasteiger partial charge in [0, 0.05) is 24.5 Å². The highest BCUT2D eigenvalue weighted by molar-refractivity contribution is 6.06. The lowest BCUT2D eigenvalue weighted by atomic mass is 10.1. The van der Waals surface area contributed by atoms with Crippen molar-refractivity contribution >= 4 is 17.4 Å². The lowest BCUT2D eigenvalue weighted by molar-refractivity contribution is 0.102. The largest absolute Gasteiger partial charge is 0.409 e. The molecule has 1 heterocycles. The van der Waals surface area contributed by atoms with E-state index in [2.05, 4.69) is 15.6 Å². The van der Waals surface area contributed by atoms with Crippen LogP contribution in [0.1, 0.15) is 27.2 Å². The average Bonchev–Trinajstić information content (AvgIpc) is 2.79. The van der Waals surface area contributed by atoms with Crippen molar-refractivity contribution in [1.82, 2.24) is 9.78 Å². The van der Waals surface area contributed by atoms with Gasteiger partial charge in [-0.05, 0) is 25.5 Å². The molecule has 0 aliphatic heterocycles. The molecule has 0 bridgehead atoms. The van der Waals surface area contributed by atoms with E-state index in [0.29, 0.717) is 22.5 Å². The highest BCUT2D eigenvalue weighted by Gasteiger charge is 2.14. The third-order valence-corrected chi connectivity index (χ3v) is 3.15. The zero-order chi connectivity index (χ0) is 15.6. The summed E-state index contributed by atoms with van der Waals surface area (Å²) in [6, 6.07) is 5.17. The Bertz CT molecular complexity index is 718. The minimum absolute atomic E-state index is 0.0111. The van der Waals surface area contributed by atoms with Crippen molar-refractivity contribution < 1.29 is 10.0 Å². The van der Waals surface area contributed by atoms with Crippen molar-refractivity contribution in [3.63, 3.8) is 0 Å². The van der Waals surface area contributed by atoms with Crippen LogP contribution in [-0.2, 0) is 7.05 Å². The first-order valence-electron chi connectivity index (χ1n) is 6.32. The third kappa shape index (κ3) is 3.02. The minimum Gasteiger partial charge on any atom is -0.409 e. The summed E-state index contributed by atoms with van der Waals surface area (Å²) in [6.07, 6.45) is 1.66. The molecule has 1 aromatic heterocycles. The number of aromatic nitrogens is 2. The van der Waals surface area contributed by atoms with Gasteiger partial charge in [0.25, 0.3) is 5.91 Å². The van der Waals surface area contributed by atoms with Gasteiger partial charge in [0.2, 0.25) is 0 Å². The van der Waals surface area contributed by atoms with Crippen LogP contribution in [0.4, 0.5) is 5.69 Å². The van der Waals surface area contributed by atoms with E-state index in [0.717, 1.165) is 5.56 Å². The molecule has 0 aliphatic carbocycles. The highest BCUT2D eigenvalue weighted by atomic mass is 16.4. The molecule has 0 spiro atoms. The number of hydrogen-bond acceptors (Lipinski definition) is 4. The molecule has 7 nitrogen and oxygen atoms in total. The maximum absolute atomic E-state index is 12.3. The summed E-state index contributed by atoms with van der Waals surface area (Å²) in [6.45, 7) is 3.64. The molecule has 2 rings (SSSR count). The average molecular weight is 287 g/mol. The molecule has 1 aromatic carbocycles. The zero-order valence-corrected chi connectivity index (χ0v) is 12.1. The number of carbonyl (C=O) groups excluding carboxylic acids is 1. The smallest absolute Gasteiger partial charge is 0.259 e. The Kier molecular flexibility index (Phi) is 3.93. The molecular formula is C14H17N5O2. The predicted octanol–water partition coefficient (Wildman–Crippen LogP) is 1.38. The molecule has 0 atom stereocenters. The summed E-state index contributed by atoms with van der Waals surface area (Å²) < 4.78 is 1.59. The van der Waals surface area contributed by atoms with Gasteiger partial charge in [-0.3, -0.25) is 9.48 Å². The van der Waals surface area contributed by atoms with Crippen LogP contribution in [-0.4, -0.2) is 26.7 Å². The Balaban J connectivity index is 2.31. The van der Waals surface area contributed by atoms with Crippen LogP contribution in [0.5, 0.6) is 0 Å². The van der Waals surface area contributed by atoms with Crippen LogP contribution in [0.25, 0.3) is 0 Å². The van der Waals surface area contributed by atoms with Crippen LogP contribution in [0, 0.1) is 13.8 Å². The molecule has 7 heteroatoms. The number of benzene rings is 1. The topological polar surface area (TPSA) is 106 Å². The van der Waals surface area contributed by atoms with Gasteiger partial charge >= 0.3 is 0 Å². The number of aryl methyl sites for hydroxylation is 3. The normalized spacial score (nSPS) is 11.5. The molecule has 0 saturated heterocycles. The van der Waals surface area contributed by atoms with Crippen molar-refractivity contribution in [3.05, 3.63) is 46.8 Å². The molecular weight excluding hydrogens is 270 g/mol. The van der Waals surface area contributed by atoms with E-state index in [1.54, 1.807) is 43.0 Å². The number of nitrogens with two attached hydrogens (primary N) is 1. The van der Waals surface area contributed by atoms with Crippen LogP contribution >= 0.6 is 0 Å². The molecule has 4 N–H and O–H groups in total. The van der Waals surface area contributed by atoms with Crippen molar-refractivity contribution in [2.24, 2.45) is 17.9 Å². The quantitative estimate of drug-likeness (QED) is 0.343. The second kappa shape index (κ2) is 5.66. The molecule has 0 unspecified atom stereocenters. The number of nitrogens with zero attached hydrogens (tertiary/aromatic N) is 3. The Morgan fingerprint density at radius 1 is 1.43 bits per heavy atom. The van der Waals surface area contributed by atoms with E-state index >= 15 is 0 Å². The van der Waals surface area contributed by atoms with Crippen LogP contribution < -0.4 is 11.1 Å². The first-order chi connectivity index (χ1) is 9.92. The zero-order valence-electron chi connectivity index (χ0n) is 12.1. The lowest BCUT2D eigenvalue weighted by Gasteiger charge is -2.09. The van der Waals surface area contributed by atoms with Crippen molar-refractivity contribution in [2.45, 2.75) is 13.8 Å². The molecule has 1 amide bonds. The number of amidine groups is 1. The molecule has 2 aromatic rings. The first-order valence-corrected chi connectivity index (χ1v) is 6.32. The van der Waals surface area contributed by atoms with Crippen molar-refractivity contribution in [1.29, 1.82) is 0 Å². The molecule has 0 aliphatic rings. The van der Waals surface area contributed by atoms with Crippen LogP contribution in [0.3, 0.4) is 0 Å². The number of rotatable bonds is 3. The van der Waals surface area contributed by atoms with Gasteiger partial charge in [-0.1, -0.05) is 17.3 Å². The Morgan fingerprint density at radius 2 is 2.14 bits per heavy atom. The van der Waals surface area contributed by atoms with Crippen LogP contribution in [0.2, 0.25) is 0 Å². The van der Waals surface area contributed by atoms with Gasteiger partial charge in [-0.2, -0.15) is 5.10 Å². The molecule has 110 valence electrons. The van der Waals surface area contributed by atoms with Gasteiger partial charge in [-0.15, -0.1) is 0 Å². The standard InChI is InChI=1S/C14H17N5O2/c1-8-4-5-10(13(15)18-21)6-12(8)16-14(20)11-7-19(3)17-9(11)2/h4-7,21H,1-3H3,(H2,15,18)(H,16,20). The van der Waals surface area contributed by atoms with E-state index in [1.807, 2.05) is 6.92 Å². The fourth-order valence-corrected chi connectivity index (χ4v) is 1.99. The molecule has 0 radical (unpaired) electrons. The summed E-state index contributed by atoms with van der Waals surface area (Å²) in [5.74, 6) is -0.261. The van der Waals surface area contributed by atoms with Gasteiger partial charge < -0.3 is 16.3 Å². The number of anilines is 1. The lowest BCUT2D eigenvalue weighted by Crippen LogP contribution is -2.16. The fraction of sp³-hybridized carbons (Fsp3) is 0.214.